The number of methoxy groups -OCH3 is 1. The Labute approximate surface area is 191 Å². The smallest absolute Gasteiger partial charge is 0.335 e. The number of rotatable bonds is 7. The van der Waals surface area contributed by atoms with Crippen molar-refractivity contribution in [1.29, 1.82) is 0 Å². The van der Waals surface area contributed by atoms with Gasteiger partial charge in [-0.3, -0.25) is 4.79 Å². The van der Waals surface area contributed by atoms with Crippen LogP contribution >= 0.6 is 11.3 Å². The normalized spacial score (nSPS) is 12.8. The number of aryl methyl sites for hydroxylation is 1. The Bertz CT molecular complexity index is 1100. The zero-order valence-corrected chi connectivity index (χ0v) is 18.9. The molecule has 1 amide bonds. The first-order valence-corrected chi connectivity index (χ1v) is 11.4. The van der Waals surface area contributed by atoms with Gasteiger partial charge in [0.2, 0.25) is 0 Å². The minimum absolute atomic E-state index is 0.259. The number of hydrogen-bond acceptors (Lipinski definition) is 6. The Morgan fingerprint density at radius 1 is 1.06 bits per heavy atom. The zero-order valence-electron chi connectivity index (χ0n) is 18.1. The molecule has 1 N–H and O–H groups in total. The Hall–Kier alpha value is -3.32. The van der Waals surface area contributed by atoms with Gasteiger partial charge >= 0.3 is 5.97 Å². The first-order chi connectivity index (χ1) is 15.5. The van der Waals surface area contributed by atoms with E-state index < -0.39 is 11.9 Å². The van der Waals surface area contributed by atoms with Crippen LogP contribution in [0.4, 0.5) is 0 Å². The maximum atomic E-state index is 12.5. The summed E-state index contributed by atoms with van der Waals surface area (Å²) in [7, 11) is 1.55. The maximum absolute atomic E-state index is 12.5. The fraction of sp³-hybridized carbons (Fsp3) is 0.280. The van der Waals surface area contributed by atoms with Crippen molar-refractivity contribution in [2.45, 2.75) is 26.2 Å². The van der Waals surface area contributed by atoms with Crippen LogP contribution in [0.3, 0.4) is 0 Å². The summed E-state index contributed by atoms with van der Waals surface area (Å²) >= 11 is 1.64. The van der Waals surface area contributed by atoms with Crippen LogP contribution in [0.25, 0.3) is 0 Å². The lowest BCUT2D eigenvalue weighted by molar-refractivity contribution is -0.153. The van der Waals surface area contributed by atoms with E-state index in [0.717, 1.165) is 6.42 Å². The number of hydroxylamine groups is 1. The number of fused-ring (bicyclic) bond motifs is 1. The number of nitrogens with one attached hydrogen (secondary N) is 1. The van der Waals surface area contributed by atoms with Gasteiger partial charge in [0.05, 0.1) is 19.6 Å². The molecular weight excluding hydrogens is 426 g/mol. The van der Waals surface area contributed by atoms with E-state index in [1.165, 1.54) is 22.3 Å². The van der Waals surface area contributed by atoms with Gasteiger partial charge in [-0.25, -0.2) is 4.79 Å². The fourth-order valence-electron chi connectivity index (χ4n) is 3.79. The summed E-state index contributed by atoms with van der Waals surface area (Å²) < 4.78 is 11.2. The van der Waals surface area contributed by atoms with Crippen molar-refractivity contribution in [3.63, 3.8) is 0 Å². The Kier molecular flexibility index (Phi) is 6.75. The molecule has 4 rings (SSSR count). The van der Waals surface area contributed by atoms with Crippen LogP contribution in [0.1, 0.15) is 32.6 Å². The average Bonchev–Trinajstić information content (AvgIpc) is 3.40. The monoisotopic (exact) mass is 451 g/mol. The summed E-state index contributed by atoms with van der Waals surface area (Å²) in [6.07, 6.45) is 2.02. The maximum Gasteiger partial charge on any atom is 0.335 e. The molecule has 0 bridgehead atoms. The van der Waals surface area contributed by atoms with Crippen molar-refractivity contribution in [2.75, 3.05) is 13.7 Å². The largest absolute Gasteiger partial charge is 0.493 e. The molecule has 0 unspecified atom stereocenters. The molecule has 1 aromatic heterocycles. The molecule has 2 aromatic carbocycles. The summed E-state index contributed by atoms with van der Waals surface area (Å²) in [4.78, 5) is 30.0. The molecule has 0 fully saturated rings. The predicted molar refractivity (Wildman–Crippen MR) is 122 cm³/mol. The van der Waals surface area contributed by atoms with Gasteiger partial charge in [-0.1, -0.05) is 29.8 Å². The first kappa shape index (κ1) is 21.9. The lowest BCUT2D eigenvalue weighted by atomic mass is 10.1. The van der Waals surface area contributed by atoms with Gasteiger partial charge in [-0.15, -0.1) is 0 Å². The molecule has 0 spiro atoms. The van der Waals surface area contributed by atoms with Crippen LogP contribution in [0.2, 0.25) is 0 Å². The van der Waals surface area contributed by atoms with E-state index in [9.17, 15) is 9.59 Å². The zero-order chi connectivity index (χ0) is 22.5. The molecule has 1 aliphatic rings. The number of carbonyl (C=O) groups is 2. The summed E-state index contributed by atoms with van der Waals surface area (Å²) in [5.74, 6) is -0.219. The SMILES string of the molecule is COc1ccc(C(=O)NOC(=O)C2Cc3cscc3C2)cc1OCCc1cccc(C)c1. The molecule has 1 aliphatic carbocycles. The van der Waals surface area contributed by atoms with Crippen molar-refractivity contribution in [1.82, 2.24) is 5.48 Å². The van der Waals surface area contributed by atoms with E-state index >= 15 is 0 Å². The topological polar surface area (TPSA) is 73.9 Å². The number of hydrogen-bond donors (Lipinski definition) is 1. The molecule has 0 radical (unpaired) electrons. The minimum atomic E-state index is -0.517. The third-order valence-electron chi connectivity index (χ3n) is 5.50. The highest BCUT2D eigenvalue weighted by atomic mass is 32.1. The second-order valence-electron chi connectivity index (χ2n) is 7.83. The molecule has 0 atom stereocenters. The number of ether oxygens (including phenoxy) is 2. The summed E-state index contributed by atoms with van der Waals surface area (Å²) in [6, 6.07) is 13.1. The second-order valence-corrected chi connectivity index (χ2v) is 8.58. The van der Waals surface area contributed by atoms with Crippen LogP contribution in [0.15, 0.2) is 53.2 Å². The van der Waals surface area contributed by atoms with Gasteiger partial charge in [0.1, 0.15) is 0 Å². The highest BCUT2D eigenvalue weighted by molar-refractivity contribution is 7.08. The predicted octanol–water partition coefficient (Wildman–Crippen LogP) is 4.29. The highest BCUT2D eigenvalue weighted by Crippen LogP contribution is 2.30. The molecule has 0 aliphatic heterocycles. The number of carbonyl (C=O) groups excluding carboxylic acids is 2. The standard InChI is InChI=1S/C25H25NO5S/c1-16-4-3-5-17(10-16)8-9-30-23-13-18(6-7-22(23)29-2)24(27)26-31-25(28)19-11-20-14-32-15-21(20)12-19/h3-7,10,13-15,19H,8-9,11-12H2,1-2H3,(H,26,27). The fourth-order valence-corrected chi connectivity index (χ4v) is 4.69. The van der Waals surface area contributed by atoms with Crippen molar-refractivity contribution in [3.8, 4) is 11.5 Å². The Morgan fingerprint density at radius 3 is 2.56 bits per heavy atom. The summed E-state index contributed by atoms with van der Waals surface area (Å²) in [6.45, 7) is 2.49. The van der Waals surface area contributed by atoms with Crippen LogP contribution in [0, 0.1) is 12.8 Å². The van der Waals surface area contributed by atoms with E-state index in [4.69, 9.17) is 14.3 Å². The number of thiophene rings is 1. The third kappa shape index (κ3) is 5.11. The second kappa shape index (κ2) is 9.87. The van der Waals surface area contributed by atoms with Crippen LogP contribution < -0.4 is 15.0 Å². The Balaban J connectivity index is 1.33. The lowest BCUT2D eigenvalue weighted by Gasteiger charge is -2.13. The van der Waals surface area contributed by atoms with Gasteiger partial charge in [0.15, 0.2) is 11.5 Å². The molecule has 0 saturated carbocycles. The molecule has 32 heavy (non-hydrogen) atoms. The number of benzene rings is 2. The molecule has 6 nitrogen and oxygen atoms in total. The van der Waals surface area contributed by atoms with Crippen molar-refractivity contribution < 1.29 is 23.9 Å². The van der Waals surface area contributed by atoms with E-state index in [0.29, 0.717) is 36.5 Å². The minimum Gasteiger partial charge on any atom is -0.493 e. The average molecular weight is 452 g/mol. The number of amides is 1. The van der Waals surface area contributed by atoms with Crippen molar-refractivity contribution in [3.05, 3.63) is 81.0 Å². The van der Waals surface area contributed by atoms with E-state index in [1.807, 2.05) is 19.1 Å². The van der Waals surface area contributed by atoms with Crippen LogP contribution in [0.5, 0.6) is 11.5 Å². The molecule has 0 saturated heterocycles. The van der Waals surface area contributed by atoms with Crippen molar-refractivity contribution in [2.24, 2.45) is 5.92 Å². The quantitative estimate of drug-likeness (QED) is 0.543. The van der Waals surface area contributed by atoms with Gasteiger partial charge in [-0.05, 0) is 65.4 Å². The van der Waals surface area contributed by atoms with E-state index in [1.54, 1.807) is 36.6 Å². The molecule has 3 aromatic rings. The van der Waals surface area contributed by atoms with Crippen molar-refractivity contribution >= 4 is 23.2 Å². The summed E-state index contributed by atoms with van der Waals surface area (Å²) in [5.41, 5.74) is 7.32. The summed E-state index contributed by atoms with van der Waals surface area (Å²) in [5, 5.41) is 4.11. The first-order valence-electron chi connectivity index (χ1n) is 10.4. The van der Waals surface area contributed by atoms with Gasteiger partial charge < -0.3 is 14.3 Å². The highest BCUT2D eigenvalue weighted by Gasteiger charge is 2.30. The molecule has 1 heterocycles. The van der Waals surface area contributed by atoms with Gasteiger partial charge in [0.25, 0.3) is 5.91 Å². The van der Waals surface area contributed by atoms with Crippen LogP contribution in [-0.2, 0) is 28.9 Å². The van der Waals surface area contributed by atoms with E-state index in [-0.39, 0.29) is 5.92 Å². The molecule has 166 valence electrons. The van der Waals surface area contributed by atoms with E-state index in [2.05, 4.69) is 28.4 Å². The van der Waals surface area contributed by atoms with Crippen LogP contribution in [-0.4, -0.2) is 25.6 Å². The Morgan fingerprint density at radius 2 is 1.84 bits per heavy atom. The molecule has 7 heteroatoms. The third-order valence-corrected chi connectivity index (χ3v) is 6.34. The van der Waals surface area contributed by atoms with Gasteiger partial charge in [0, 0.05) is 12.0 Å². The van der Waals surface area contributed by atoms with Gasteiger partial charge in [-0.2, -0.15) is 16.8 Å². The lowest BCUT2D eigenvalue weighted by Crippen LogP contribution is -2.31. The molecular formula is C25H25NO5S.